The standard InChI is InChI=1S/C22H24N6O2/c1-16-12-18(8-9-20(16)28-15-24-25-26-28)21(29)23-14-17-6-5-7-19(13-17)22(30)27-10-3-2-4-11-27/h5-9,12-13,15H,2-4,10-11,14H2,1H3,(H,23,29). The topological polar surface area (TPSA) is 93.0 Å². The lowest BCUT2D eigenvalue weighted by atomic mass is 10.1. The molecule has 8 heteroatoms. The molecule has 0 unspecified atom stereocenters. The highest BCUT2D eigenvalue weighted by molar-refractivity contribution is 5.95. The minimum atomic E-state index is -0.172. The number of piperidine rings is 1. The van der Waals surface area contributed by atoms with E-state index in [1.165, 1.54) is 12.7 Å². The van der Waals surface area contributed by atoms with Crippen molar-refractivity contribution in [2.24, 2.45) is 0 Å². The van der Waals surface area contributed by atoms with Crippen molar-refractivity contribution in [3.05, 3.63) is 71.0 Å². The molecule has 1 aliphatic rings. The number of likely N-dealkylation sites (tertiary alicyclic amines) is 1. The number of nitrogens with one attached hydrogen (secondary N) is 1. The number of hydrogen-bond acceptors (Lipinski definition) is 5. The van der Waals surface area contributed by atoms with Crippen LogP contribution in [0.5, 0.6) is 0 Å². The van der Waals surface area contributed by atoms with Gasteiger partial charge in [-0.25, -0.2) is 4.68 Å². The minimum Gasteiger partial charge on any atom is -0.348 e. The van der Waals surface area contributed by atoms with Crippen LogP contribution in [0.4, 0.5) is 0 Å². The molecule has 0 spiro atoms. The second-order valence-electron chi connectivity index (χ2n) is 7.49. The number of amides is 2. The van der Waals surface area contributed by atoms with Crippen molar-refractivity contribution >= 4 is 11.8 Å². The Hall–Kier alpha value is -3.55. The summed E-state index contributed by atoms with van der Waals surface area (Å²) in [5, 5.41) is 14.1. The average Bonchev–Trinajstić information content (AvgIpc) is 3.32. The van der Waals surface area contributed by atoms with Crippen LogP contribution in [-0.4, -0.2) is 50.0 Å². The molecule has 0 saturated carbocycles. The molecule has 0 bridgehead atoms. The van der Waals surface area contributed by atoms with Gasteiger partial charge in [0.15, 0.2) is 0 Å². The second-order valence-corrected chi connectivity index (χ2v) is 7.49. The first-order chi connectivity index (χ1) is 14.6. The molecule has 0 atom stereocenters. The molecule has 1 saturated heterocycles. The summed E-state index contributed by atoms with van der Waals surface area (Å²) in [6.45, 7) is 3.90. The number of carbonyl (C=O) groups is 2. The molecule has 1 N–H and O–H groups in total. The summed E-state index contributed by atoms with van der Waals surface area (Å²) >= 11 is 0. The van der Waals surface area contributed by atoms with Gasteiger partial charge >= 0.3 is 0 Å². The third-order valence-electron chi connectivity index (χ3n) is 5.33. The Morgan fingerprint density at radius 1 is 1.03 bits per heavy atom. The first-order valence-corrected chi connectivity index (χ1v) is 10.1. The Balaban J connectivity index is 1.40. The molecule has 2 heterocycles. The molecule has 30 heavy (non-hydrogen) atoms. The van der Waals surface area contributed by atoms with Gasteiger partial charge in [-0.1, -0.05) is 12.1 Å². The fourth-order valence-corrected chi connectivity index (χ4v) is 3.70. The van der Waals surface area contributed by atoms with E-state index < -0.39 is 0 Å². The van der Waals surface area contributed by atoms with Crippen LogP contribution < -0.4 is 5.32 Å². The summed E-state index contributed by atoms with van der Waals surface area (Å²) in [7, 11) is 0. The largest absolute Gasteiger partial charge is 0.348 e. The Kier molecular flexibility index (Phi) is 5.83. The first kappa shape index (κ1) is 19.8. The quantitative estimate of drug-likeness (QED) is 0.705. The molecule has 1 aromatic heterocycles. The van der Waals surface area contributed by atoms with Crippen LogP contribution in [0.25, 0.3) is 5.69 Å². The van der Waals surface area contributed by atoms with Crippen molar-refractivity contribution in [1.82, 2.24) is 30.4 Å². The van der Waals surface area contributed by atoms with E-state index in [0.29, 0.717) is 17.7 Å². The molecule has 3 aromatic rings. The summed E-state index contributed by atoms with van der Waals surface area (Å²) in [6.07, 6.45) is 4.83. The Labute approximate surface area is 174 Å². The van der Waals surface area contributed by atoms with Crippen LogP contribution in [0.2, 0.25) is 0 Å². The van der Waals surface area contributed by atoms with Crippen LogP contribution in [0.1, 0.15) is 51.1 Å². The highest BCUT2D eigenvalue weighted by atomic mass is 16.2. The first-order valence-electron chi connectivity index (χ1n) is 10.1. The molecule has 2 amide bonds. The Morgan fingerprint density at radius 2 is 1.87 bits per heavy atom. The third kappa shape index (κ3) is 4.37. The smallest absolute Gasteiger partial charge is 0.253 e. The van der Waals surface area contributed by atoms with E-state index in [1.54, 1.807) is 10.7 Å². The Morgan fingerprint density at radius 3 is 2.60 bits per heavy atom. The number of hydrogen-bond donors (Lipinski definition) is 1. The number of aryl methyl sites for hydroxylation is 1. The number of tetrazole rings is 1. The van der Waals surface area contributed by atoms with Crippen molar-refractivity contribution in [3.8, 4) is 5.69 Å². The fourth-order valence-electron chi connectivity index (χ4n) is 3.70. The summed E-state index contributed by atoms with van der Waals surface area (Å²) in [5.74, 6) is -0.106. The monoisotopic (exact) mass is 404 g/mol. The SMILES string of the molecule is Cc1cc(C(=O)NCc2cccc(C(=O)N3CCCCC3)c2)ccc1-n1cnnn1. The molecule has 1 aliphatic heterocycles. The fraction of sp³-hybridized carbons (Fsp3) is 0.318. The van der Waals surface area contributed by atoms with E-state index >= 15 is 0 Å². The molecule has 4 rings (SSSR count). The van der Waals surface area contributed by atoms with Gasteiger partial charge in [-0.15, -0.1) is 5.10 Å². The predicted molar refractivity (Wildman–Crippen MR) is 111 cm³/mol. The summed E-state index contributed by atoms with van der Waals surface area (Å²) in [6, 6.07) is 12.9. The number of carbonyl (C=O) groups excluding carboxylic acids is 2. The van der Waals surface area contributed by atoms with Crippen molar-refractivity contribution in [1.29, 1.82) is 0 Å². The van der Waals surface area contributed by atoms with Gasteiger partial charge in [0.25, 0.3) is 11.8 Å². The van der Waals surface area contributed by atoms with Crippen LogP contribution in [0, 0.1) is 6.92 Å². The molecule has 0 radical (unpaired) electrons. The van der Waals surface area contributed by atoms with E-state index in [-0.39, 0.29) is 11.8 Å². The highest BCUT2D eigenvalue weighted by Gasteiger charge is 2.18. The number of nitrogens with zero attached hydrogens (tertiary/aromatic N) is 5. The number of rotatable bonds is 5. The van der Waals surface area contributed by atoms with Gasteiger partial charge in [0.2, 0.25) is 0 Å². The minimum absolute atomic E-state index is 0.0664. The van der Waals surface area contributed by atoms with Crippen molar-refractivity contribution in [2.75, 3.05) is 13.1 Å². The molecule has 2 aromatic carbocycles. The van der Waals surface area contributed by atoms with E-state index in [1.807, 2.05) is 48.2 Å². The second kappa shape index (κ2) is 8.86. The maximum absolute atomic E-state index is 12.7. The zero-order valence-electron chi connectivity index (χ0n) is 16.9. The van der Waals surface area contributed by atoms with Gasteiger partial charge in [-0.2, -0.15) is 0 Å². The summed E-state index contributed by atoms with van der Waals surface area (Å²) in [5.41, 5.74) is 3.84. The van der Waals surface area contributed by atoms with Gasteiger partial charge < -0.3 is 10.2 Å². The summed E-state index contributed by atoms with van der Waals surface area (Å²) in [4.78, 5) is 27.2. The van der Waals surface area contributed by atoms with Crippen molar-refractivity contribution in [3.63, 3.8) is 0 Å². The number of benzene rings is 2. The highest BCUT2D eigenvalue weighted by Crippen LogP contribution is 2.16. The molecule has 1 fully saturated rings. The van der Waals surface area contributed by atoms with Crippen molar-refractivity contribution < 1.29 is 9.59 Å². The van der Waals surface area contributed by atoms with Crippen LogP contribution in [-0.2, 0) is 6.54 Å². The Bertz CT molecular complexity index is 1040. The lowest BCUT2D eigenvalue weighted by Gasteiger charge is -2.26. The maximum atomic E-state index is 12.7. The van der Waals surface area contributed by atoms with Gasteiger partial charge in [0.1, 0.15) is 6.33 Å². The van der Waals surface area contributed by atoms with Crippen LogP contribution in [0.15, 0.2) is 48.8 Å². The van der Waals surface area contributed by atoms with Crippen LogP contribution in [0.3, 0.4) is 0 Å². The van der Waals surface area contributed by atoms with Crippen molar-refractivity contribution in [2.45, 2.75) is 32.7 Å². The molecule has 8 nitrogen and oxygen atoms in total. The van der Waals surface area contributed by atoms with E-state index in [0.717, 1.165) is 42.7 Å². The van der Waals surface area contributed by atoms with E-state index in [4.69, 9.17) is 0 Å². The zero-order chi connectivity index (χ0) is 20.9. The number of aromatic nitrogens is 4. The van der Waals surface area contributed by atoms with Gasteiger partial charge in [0, 0.05) is 30.8 Å². The molecular formula is C22H24N6O2. The molecule has 154 valence electrons. The maximum Gasteiger partial charge on any atom is 0.253 e. The van der Waals surface area contributed by atoms with E-state index in [2.05, 4.69) is 20.8 Å². The summed E-state index contributed by atoms with van der Waals surface area (Å²) < 4.78 is 1.56. The zero-order valence-corrected chi connectivity index (χ0v) is 16.9. The predicted octanol–water partition coefficient (Wildman–Crippen LogP) is 2.53. The average molecular weight is 404 g/mol. The lowest BCUT2D eigenvalue weighted by Crippen LogP contribution is -2.35. The van der Waals surface area contributed by atoms with Crippen LogP contribution >= 0.6 is 0 Å². The normalized spacial score (nSPS) is 13.8. The van der Waals surface area contributed by atoms with Gasteiger partial charge in [0.05, 0.1) is 5.69 Å². The molecule has 0 aliphatic carbocycles. The van der Waals surface area contributed by atoms with Gasteiger partial charge in [-0.05, 0) is 78.1 Å². The molecular weight excluding hydrogens is 380 g/mol. The third-order valence-corrected chi connectivity index (χ3v) is 5.33. The van der Waals surface area contributed by atoms with E-state index in [9.17, 15) is 9.59 Å². The van der Waals surface area contributed by atoms with Gasteiger partial charge in [-0.3, -0.25) is 9.59 Å². The lowest BCUT2D eigenvalue weighted by molar-refractivity contribution is 0.0724.